The Morgan fingerprint density at radius 1 is 1.39 bits per heavy atom. The lowest BCUT2D eigenvalue weighted by molar-refractivity contribution is 0.0774. The van der Waals surface area contributed by atoms with Gasteiger partial charge in [0.25, 0.3) is 5.91 Å². The first kappa shape index (κ1) is 12.9. The van der Waals surface area contributed by atoms with Crippen molar-refractivity contribution in [2.24, 2.45) is 0 Å². The summed E-state index contributed by atoms with van der Waals surface area (Å²) in [6.07, 6.45) is 1.61. The van der Waals surface area contributed by atoms with Gasteiger partial charge in [-0.15, -0.1) is 0 Å². The highest BCUT2D eigenvalue weighted by atomic mass is 79.9. The van der Waals surface area contributed by atoms with Crippen LogP contribution in [0.3, 0.4) is 0 Å². The highest BCUT2D eigenvalue weighted by Crippen LogP contribution is 2.20. The largest absolute Gasteiger partial charge is 0.467 e. The monoisotopic (exact) mass is 307 g/mol. The molecule has 1 aromatic carbocycles. The fourth-order valence-corrected chi connectivity index (χ4v) is 2.37. The molecule has 2 aromatic rings. The second-order valence-electron chi connectivity index (χ2n) is 4.22. The van der Waals surface area contributed by atoms with Gasteiger partial charge in [0, 0.05) is 11.5 Å². The third-order valence-corrected chi connectivity index (χ3v) is 3.33. The molecule has 0 saturated heterocycles. The number of carbonyl (C=O) groups excluding carboxylic acids is 1. The van der Waals surface area contributed by atoms with Crippen molar-refractivity contribution in [1.82, 2.24) is 4.90 Å². The van der Waals surface area contributed by atoms with Crippen molar-refractivity contribution in [1.29, 1.82) is 0 Å². The van der Waals surface area contributed by atoms with Gasteiger partial charge in [0.2, 0.25) is 0 Å². The van der Waals surface area contributed by atoms with Gasteiger partial charge in [-0.3, -0.25) is 4.79 Å². The van der Waals surface area contributed by atoms with Gasteiger partial charge in [-0.25, -0.2) is 0 Å². The van der Waals surface area contributed by atoms with Crippen LogP contribution >= 0.6 is 15.9 Å². The molecule has 3 nitrogen and oxygen atoms in total. The van der Waals surface area contributed by atoms with E-state index in [4.69, 9.17) is 4.42 Å². The number of nitrogens with zero attached hydrogens (tertiary/aromatic N) is 1. The molecule has 18 heavy (non-hydrogen) atoms. The molecule has 0 N–H and O–H groups in total. The minimum Gasteiger partial charge on any atom is -0.467 e. The van der Waals surface area contributed by atoms with E-state index in [0.717, 1.165) is 15.8 Å². The van der Waals surface area contributed by atoms with Crippen molar-refractivity contribution in [3.8, 4) is 0 Å². The summed E-state index contributed by atoms with van der Waals surface area (Å²) in [7, 11) is 1.76. The van der Waals surface area contributed by atoms with Gasteiger partial charge in [-0.1, -0.05) is 6.07 Å². The number of hydrogen-bond donors (Lipinski definition) is 0. The molecule has 0 bridgehead atoms. The zero-order chi connectivity index (χ0) is 13.1. The van der Waals surface area contributed by atoms with Crippen LogP contribution in [0, 0.1) is 6.92 Å². The van der Waals surface area contributed by atoms with Crippen molar-refractivity contribution < 1.29 is 9.21 Å². The number of benzene rings is 1. The van der Waals surface area contributed by atoms with Crippen molar-refractivity contribution in [2.45, 2.75) is 13.5 Å². The van der Waals surface area contributed by atoms with E-state index in [9.17, 15) is 4.79 Å². The second kappa shape index (κ2) is 5.40. The molecule has 0 aliphatic rings. The Labute approximate surface area is 115 Å². The number of halogens is 1. The molecule has 0 aliphatic heterocycles. The molecule has 0 unspecified atom stereocenters. The number of aryl methyl sites for hydroxylation is 1. The fraction of sp³-hybridized carbons (Fsp3) is 0.214. The van der Waals surface area contributed by atoms with E-state index in [1.807, 2.05) is 37.3 Å². The normalized spacial score (nSPS) is 10.4. The Bertz CT molecular complexity index is 549. The number of rotatable bonds is 3. The molecule has 2 rings (SSSR count). The average Bonchev–Trinajstić information content (AvgIpc) is 2.81. The number of hydrogen-bond acceptors (Lipinski definition) is 2. The first-order valence-electron chi connectivity index (χ1n) is 5.62. The predicted molar refractivity (Wildman–Crippen MR) is 73.4 cm³/mol. The highest BCUT2D eigenvalue weighted by molar-refractivity contribution is 9.10. The standard InChI is InChI=1S/C14H14BrNO2/c1-10-5-6-12(13(15)8-10)14(17)16(2)9-11-4-3-7-18-11/h3-8H,9H2,1-2H3. The summed E-state index contributed by atoms with van der Waals surface area (Å²) in [4.78, 5) is 13.9. The lowest BCUT2D eigenvalue weighted by Crippen LogP contribution is -2.26. The van der Waals surface area contributed by atoms with E-state index in [2.05, 4.69) is 15.9 Å². The molecule has 4 heteroatoms. The predicted octanol–water partition coefficient (Wildman–Crippen LogP) is 3.62. The fourth-order valence-electron chi connectivity index (χ4n) is 1.71. The van der Waals surface area contributed by atoms with Crippen molar-refractivity contribution in [3.05, 3.63) is 58.0 Å². The zero-order valence-corrected chi connectivity index (χ0v) is 11.9. The molecule has 0 atom stereocenters. The minimum atomic E-state index is -0.0294. The summed E-state index contributed by atoms with van der Waals surface area (Å²) in [6, 6.07) is 9.37. The van der Waals surface area contributed by atoms with Crippen molar-refractivity contribution >= 4 is 21.8 Å². The summed E-state index contributed by atoms with van der Waals surface area (Å²) in [5.41, 5.74) is 1.78. The van der Waals surface area contributed by atoms with Crippen molar-refractivity contribution in [3.63, 3.8) is 0 Å². The number of amides is 1. The first-order chi connectivity index (χ1) is 8.58. The van der Waals surface area contributed by atoms with Crippen LogP contribution in [0.25, 0.3) is 0 Å². The smallest absolute Gasteiger partial charge is 0.255 e. The molecule has 0 saturated carbocycles. The maximum Gasteiger partial charge on any atom is 0.255 e. The molecule has 0 spiro atoms. The Hall–Kier alpha value is -1.55. The highest BCUT2D eigenvalue weighted by Gasteiger charge is 2.15. The molecule has 1 amide bonds. The van der Waals surface area contributed by atoms with E-state index >= 15 is 0 Å². The molecule has 94 valence electrons. The molecule has 0 aliphatic carbocycles. The second-order valence-corrected chi connectivity index (χ2v) is 5.08. The number of furan rings is 1. The quantitative estimate of drug-likeness (QED) is 0.867. The Kier molecular flexibility index (Phi) is 3.87. The first-order valence-corrected chi connectivity index (χ1v) is 6.41. The summed E-state index contributed by atoms with van der Waals surface area (Å²) in [5.74, 6) is 0.743. The Balaban J connectivity index is 2.15. The van der Waals surface area contributed by atoms with Gasteiger partial charge in [0.15, 0.2) is 0 Å². The third-order valence-electron chi connectivity index (χ3n) is 2.67. The SMILES string of the molecule is Cc1ccc(C(=O)N(C)Cc2ccco2)c(Br)c1. The van der Waals surface area contributed by atoms with E-state index in [1.54, 1.807) is 18.2 Å². The summed E-state index contributed by atoms with van der Waals surface area (Å²) in [6.45, 7) is 2.46. The van der Waals surface area contributed by atoms with E-state index in [-0.39, 0.29) is 5.91 Å². The van der Waals surface area contributed by atoms with E-state index in [1.165, 1.54) is 0 Å². The van der Waals surface area contributed by atoms with Gasteiger partial charge < -0.3 is 9.32 Å². The average molecular weight is 308 g/mol. The molecule has 1 heterocycles. The molecule has 0 radical (unpaired) electrons. The maximum atomic E-state index is 12.3. The molecular weight excluding hydrogens is 294 g/mol. The van der Waals surface area contributed by atoms with E-state index < -0.39 is 0 Å². The Morgan fingerprint density at radius 2 is 2.17 bits per heavy atom. The van der Waals surface area contributed by atoms with Crippen LogP contribution in [0.2, 0.25) is 0 Å². The van der Waals surface area contributed by atoms with Gasteiger partial charge in [-0.05, 0) is 52.7 Å². The van der Waals surface area contributed by atoms with Gasteiger partial charge >= 0.3 is 0 Å². The van der Waals surface area contributed by atoms with Crippen LogP contribution in [0.15, 0.2) is 45.5 Å². The topological polar surface area (TPSA) is 33.5 Å². The van der Waals surface area contributed by atoms with Crippen LogP contribution in [0.1, 0.15) is 21.7 Å². The van der Waals surface area contributed by atoms with Crippen LogP contribution < -0.4 is 0 Å². The zero-order valence-electron chi connectivity index (χ0n) is 10.3. The molecule has 0 fully saturated rings. The van der Waals surface area contributed by atoms with Gasteiger partial charge in [0.1, 0.15) is 5.76 Å². The van der Waals surface area contributed by atoms with Gasteiger partial charge in [-0.2, -0.15) is 0 Å². The lowest BCUT2D eigenvalue weighted by atomic mass is 10.1. The molecular formula is C14H14BrNO2. The van der Waals surface area contributed by atoms with Crippen molar-refractivity contribution in [2.75, 3.05) is 7.05 Å². The van der Waals surface area contributed by atoms with Gasteiger partial charge in [0.05, 0.1) is 18.4 Å². The third kappa shape index (κ3) is 2.82. The number of carbonyl (C=O) groups is 1. The maximum absolute atomic E-state index is 12.3. The summed E-state index contributed by atoms with van der Waals surface area (Å²) < 4.78 is 6.05. The van der Waals surface area contributed by atoms with E-state index in [0.29, 0.717) is 12.1 Å². The lowest BCUT2D eigenvalue weighted by Gasteiger charge is -2.16. The van der Waals surface area contributed by atoms with Crippen LogP contribution in [-0.2, 0) is 6.54 Å². The summed E-state index contributed by atoms with van der Waals surface area (Å²) in [5, 5.41) is 0. The van der Waals surface area contributed by atoms with Crippen LogP contribution in [0.5, 0.6) is 0 Å². The van der Waals surface area contributed by atoms with Crippen LogP contribution in [-0.4, -0.2) is 17.9 Å². The Morgan fingerprint density at radius 3 is 2.78 bits per heavy atom. The summed E-state index contributed by atoms with van der Waals surface area (Å²) >= 11 is 3.42. The van der Waals surface area contributed by atoms with Crippen LogP contribution in [0.4, 0.5) is 0 Å². The molecule has 1 aromatic heterocycles. The minimum absolute atomic E-state index is 0.0294.